The zero-order chi connectivity index (χ0) is 19.3. The Balaban J connectivity index is 2.68. The molecule has 1 heterocycles. The van der Waals surface area contributed by atoms with E-state index < -0.39 is 23.4 Å². The molecule has 2 N–H and O–H groups in total. The molecule has 2 rings (SSSR count). The van der Waals surface area contributed by atoms with E-state index in [1.165, 1.54) is 6.07 Å². The van der Waals surface area contributed by atoms with Gasteiger partial charge in [0, 0.05) is 29.8 Å². The van der Waals surface area contributed by atoms with Crippen molar-refractivity contribution in [3.05, 3.63) is 63.0 Å². The van der Waals surface area contributed by atoms with Crippen molar-refractivity contribution in [3.8, 4) is 0 Å². The van der Waals surface area contributed by atoms with Crippen molar-refractivity contribution >= 4 is 11.7 Å². The molecule has 140 valence electrons. The third-order valence-electron chi connectivity index (χ3n) is 4.22. The number of benzene rings is 1. The van der Waals surface area contributed by atoms with Crippen molar-refractivity contribution in [2.75, 3.05) is 26.4 Å². The van der Waals surface area contributed by atoms with Gasteiger partial charge in [0.05, 0.1) is 36.0 Å². The van der Waals surface area contributed by atoms with Crippen molar-refractivity contribution in [1.29, 1.82) is 0 Å². The Bertz CT molecular complexity index is 756. The normalized spacial score (nSPS) is 17.2. The first-order chi connectivity index (χ1) is 12.5. The average Bonchev–Trinajstić information content (AvgIpc) is 2.62. The summed E-state index contributed by atoms with van der Waals surface area (Å²) < 4.78 is 5.13. The molecule has 1 aliphatic rings. The van der Waals surface area contributed by atoms with Crippen molar-refractivity contribution in [2.24, 2.45) is 0 Å². The molecule has 1 aromatic carbocycles. The second kappa shape index (κ2) is 8.59. The number of nitro benzene ring substituents is 1. The first-order valence-corrected chi connectivity index (χ1v) is 8.27. The van der Waals surface area contributed by atoms with Crippen LogP contribution in [-0.4, -0.2) is 52.4 Å². The SMILES string of the molecule is CCOC(=O)C1=C(CO)N(CCO)C(C)=CC1c1ccccc1[N+](=O)[O-]. The van der Waals surface area contributed by atoms with Gasteiger partial charge in [0.25, 0.3) is 5.69 Å². The molecule has 0 saturated heterocycles. The Labute approximate surface area is 151 Å². The van der Waals surface area contributed by atoms with Gasteiger partial charge in [-0.2, -0.15) is 0 Å². The molecule has 26 heavy (non-hydrogen) atoms. The molecule has 8 heteroatoms. The van der Waals surface area contributed by atoms with Crippen LogP contribution in [0.25, 0.3) is 0 Å². The summed E-state index contributed by atoms with van der Waals surface area (Å²) in [6.07, 6.45) is 1.71. The summed E-state index contributed by atoms with van der Waals surface area (Å²) >= 11 is 0. The van der Waals surface area contributed by atoms with Gasteiger partial charge >= 0.3 is 5.97 Å². The van der Waals surface area contributed by atoms with E-state index in [-0.39, 0.29) is 36.7 Å². The monoisotopic (exact) mass is 362 g/mol. The van der Waals surface area contributed by atoms with Gasteiger partial charge in [-0.05, 0) is 13.8 Å². The second-order valence-electron chi connectivity index (χ2n) is 5.72. The van der Waals surface area contributed by atoms with Crippen LogP contribution in [0.4, 0.5) is 5.69 Å². The third kappa shape index (κ3) is 3.76. The zero-order valence-electron chi connectivity index (χ0n) is 14.7. The van der Waals surface area contributed by atoms with E-state index in [0.29, 0.717) is 11.3 Å². The Morgan fingerprint density at radius 1 is 1.35 bits per heavy atom. The summed E-state index contributed by atoms with van der Waals surface area (Å²) in [5.74, 6) is -1.38. The van der Waals surface area contributed by atoms with E-state index in [9.17, 15) is 25.1 Å². The maximum Gasteiger partial charge on any atom is 0.336 e. The highest BCUT2D eigenvalue weighted by atomic mass is 16.6. The minimum absolute atomic E-state index is 0.115. The molecule has 1 aromatic rings. The van der Waals surface area contributed by atoms with E-state index >= 15 is 0 Å². The van der Waals surface area contributed by atoms with Crippen molar-refractivity contribution in [2.45, 2.75) is 19.8 Å². The van der Waals surface area contributed by atoms with Crippen LogP contribution in [0.15, 0.2) is 47.3 Å². The van der Waals surface area contributed by atoms with E-state index in [2.05, 4.69) is 0 Å². The topological polar surface area (TPSA) is 113 Å². The number of aliphatic hydroxyl groups excluding tert-OH is 2. The van der Waals surface area contributed by atoms with Crippen molar-refractivity contribution < 1.29 is 24.7 Å². The molecule has 0 fully saturated rings. The highest BCUT2D eigenvalue weighted by Crippen LogP contribution is 2.40. The highest BCUT2D eigenvalue weighted by Gasteiger charge is 2.35. The van der Waals surface area contributed by atoms with Crippen LogP contribution in [0.2, 0.25) is 0 Å². The summed E-state index contributed by atoms with van der Waals surface area (Å²) in [7, 11) is 0. The lowest BCUT2D eigenvalue weighted by atomic mass is 9.85. The molecule has 0 aliphatic carbocycles. The summed E-state index contributed by atoms with van der Waals surface area (Å²) in [6, 6.07) is 6.18. The Morgan fingerprint density at radius 2 is 2.04 bits per heavy atom. The fourth-order valence-corrected chi connectivity index (χ4v) is 3.15. The van der Waals surface area contributed by atoms with Crippen LogP contribution in [0.1, 0.15) is 25.3 Å². The maximum atomic E-state index is 12.6. The Hall–Kier alpha value is -2.71. The van der Waals surface area contributed by atoms with Crippen LogP contribution < -0.4 is 0 Å². The summed E-state index contributed by atoms with van der Waals surface area (Å²) in [4.78, 5) is 25.2. The number of hydrogen-bond acceptors (Lipinski definition) is 7. The van der Waals surface area contributed by atoms with Gasteiger partial charge in [-0.25, -0.2) is 4.79 Å². The molecular formula is C18H22N2O6. The van der Waals surface area contributed by atoms with Gasteiger partial charge in [0.15, 0.2) is 0 Å². The standard InChI is InChI=1S/C18H22N2O6/c1-3-26-18(23)17-14(13-6-4-5-7-15(13)20(24)25)10-12(2)19(8-9-21)16(17)11-22/h4-7,10,14,21-22H,3,8-9,11H2,1-2H3. The van der Waals surface area contributed by atoms with Gasteiger partial charge in [-0.1, -0.05) is 24.3 Å². The number of para-hydroxylation sites is 1. The van der Waals surface area contributed by atoms with E-state index in [1.807, 2.05) is 0 Å². The number of β-amino-alcohol motifs (C(OH)–C–C–N with tert-alkyl or cyclic N) is 1. The molecule has 1 aliphatic heterocycles. The molecular weight excluding hydrogens is 340 g/mol. The molecule has 0 saturated carbocycles. The molecule has 0 radical (unpaired) electrons. The highest BCUT2D eigenvalue weighted by molar-refractivity contribution is 5.92. The predicted octanol–water partition coefficient (Wildman–Crippen LogP) is 1.70. The van der Waals surface area contributed by atoms with Gasteiger partial charge < -0.3 is 19.8 Å². The van der Waals surface area contributed by atoms with Crippen LogP contribution in [-0.2, 0) is 9.53 Å². The van der Waals surface area contributed by atoms with Gasteiger partial charge in [-0.3, -0.25) is 10.1 Å². The molecule has 0 aromatic heterocycles. The molecule has 8 nitrogen and oxygen atoms in total. The number of carbonyl (C=O) groups is 1. The zero-order valence-corrected chi connectivity index (χ0v) is 14.7. The summed E-state index contributed by atoms with van der Waals surface area (Å²) in [5.41, 5.74) is 1.33. The van der Waals surface area contributed by atoms with Crippen molar-refractivity contribution in [3.63, 3.8) is 0 Å². The minimum atomic E-state index is -0.729. The van der Waals surface area contributed by atoms with Crippen LogP contribution >= 0.6 is 0 Å². The lowest BCUT2D eigenvalue weighted by Gasteiger charge is -2.35. The number of hydrogen-bond donors (Lipinski definition) is 2. The maximum absolute atomic E-state index is 12.6. The van der Waals surface area contributed by atoms with Gasteiger partial charge in [0.1, 0.15) is 0 Å². The van der Waals surface area contributed by atoms with Gasteiger partial charge in [-0.15, -0.1) is 0 Å². The summed E-state index contributed by atoms with van der Waals surface area (Å²) in [5, 5.41) is 30.6. The Morgan fingerprint density at radius 3 is 2.62 bits per heavy atom. The molecule has 0 bridgehead atoms. The first-order valence-electron chi connectivity index (χ1n) is 8.27. The lowest BCUT2D eigenvalue weighted by Crippen LogP contribution is -2.34. The molecule has 1 unspecified atom stereocenters. The van der Waals surface area contributed by atoms with Crippen LogP contribution in [0.3, 0.4) is 0 Å². The number of nitro groups is 1. The third-order valence-corrected chi connectivity index (χ3v) is 4.22. The fraction of sp³-hybridized carbons (Fsp3) is 0.389. The number of allylic oxidation sites excluding steroid dienone is 2. The lowest BCUT2D eigenvalue weighted by molar-refractivity contribution is -0.385. The smallest absolute Gasteiger partial charge is 0.336 e. The molecule has 1 atom stereocenters. The summed E-state index contributed by atoms with van der Waals surface area (Å²) in [6.45, 7) is 3.09. The number of ether oxygens (including phenoxy) is 1. The minimum Gasteiger partial charge on any atom is -0.463 e. The van der Waals surface area contributed by atoms with Gasteiger partial charge in [0.2, 0.25) is 0 Å². The van der Waals surface area contributed by atoms with Crippen LogP contribution in [0.5, 0.6) is 0 Å². The van der Waals surface area contributed by atoms with Crippen molar-refractivity contribution in [1.82, 2.24) is 4.90 Å². The Kier molecular flexibility index (Phi) is 6.48. The fourth-order valence-electron chi connectivity index (χ4n) is 3.15. The number of esters is 1. The average molecular weight is 362 g/mol. The van der Waals surface area contributed by atoms with E-state index in [0.717, 1.165) is 0 Å². The predicted molar refractivity (Wildman–Crippen MR) is 94.1 cm³/mol. The second-order valence-corrected chi connectivity index (χ2v) is 5.72. The molecule has 0 amide bonds. The van der Waals surface area contributed by atoms with E-state index in [1.54, 1.807) is 43.0 Å². The van der Waals surface area contributed by atoms with E-state index in [4.69, 9.17) is 4.74 Å². The number of rotatable bonds is 7. The van der Waals surface area contributed by atoms with Crippen LogP contribution in [0, 0.1) is 10.1 Å². The quantitative estimate of drug-likeness (QED) is 0.431. The number of aliphatic hydroxyl groups is 2. The molecule has 0 spiro atoms. The number of carbonyl (C=O) groups excluding carboxylic acids is 1. The first kappa shape index (κ1) is 19.6. The largest absolute Gasteiger partial charge is 0.463 e. The number of nitrogens with zero attached hydrogens (tertiary/aromatic N) is 2.